The van der Waals surface area contributed by atoms with E-state index in [9.17, 15) is 19.0 Å². The highest BCUT2D eigenvalue weighted by Crippen LogP contribution is 2.43. The Balaban J connectivity index is 5.32. The Hall–Kier alpha value is -2.03. The summed E-state index contributed by atoms with van der Waals surface area (Å²) in [7, 11) is 1.49. The number of unbranched alkanes of at least 4 members (excludes halogenated alkanes) is 29. The topological polar surface area (TPSA) is 111 Å². The molecule has 0 radical (unpaired) electrons. The second kappa shape index (κ2) is 48.6. The number of quaternary nitrogens is 1. The Morgan fingerprint density at radius 3 is 1.37 bits per heavy atom. The molecule has 0 saturated heterocycles. The summed E-state index contributed by atoms with van der Waals surface area (Å²) in [6.07, 6.45) is 58.1. The summed E-state index contributed by atoms with van der Waals surface area (Å²) in [6, 6.07) is -0.851. The van der Waals surface area contributed by atoms with Gasteiger partial charge in [0.2, 0.25) is 5.91 Å². The lowest BCUT2D eigenvalue weighted by Gasteiger charge is -2.27. The van der Waals surface area contributed by atoms with Gasteiger partial charge in [-0.05, 0) is 70.3 Å². The molecule has 0 saturated carbocycles. The standard InChI is InChI=1S/C58H109N2O7P/c1-7-10-13-16-19-22-25-27-28-29-30-31-32-33-36-38-41-44-47-50-57(61)59-55(54-66-68(63,64)65-53-52-60(4,5)6)56(49-46-43-40-37-35-26-23-20-17-14-11-8-2)67-58(62)51-48-45-42-39-34-24-21-18-15-12-9-3/h19,22,27-28,30-31,46,49,55-56H,7-18,20-21,23-26,29,32-45,47-48,50-54H2,1-6H3,(H-,59,61,63,64)/p+1/b22-19-,28-27-,31-30-,49-46-. The quantitative estimate of drug-likeness (QED) is 0.0205. The van der Waals surface area contributed by atoms with Gasteiger partial charge in [0.1, 0.15) is 19.3 Å². The second-order valence-electron chi connectivity index (χ2n) is 20.5. The van der Waals surface area contributed by atoms with Crippen molar-refractivity contribution in [2.45, 2.75) is 270 Å². The molecule has 0 spiro atoms. The van der Waals surface area contributed by atoms with E-state index in [2.05, 4.69) is 62.5 Å². The fraction of sp³-hybridized carbons (Fsp3) is 0.828. The van der Waals surface area contributed by atoms with Crippen LogP contribution >= 0.6 is 7.82 Å². The summed E-state index contributed by atoms with van der Waals surface area (Å²) in [5.41, 5.74) is 0. The zero-order chi connectivity index (χ0) is 50.1. The third kappa shape index (κ3) is 49.0. The van der Waals surface area contributed by atoms with E-state index in [1.807, 2.05) is 33.3 Å². The molecule has 0 bridgehead atoms. The van der Waals surface area contributed by atoms with Gasteiger partial charge in [-0.2, -0.15) is 0 Å². The molecule has 10 heteroatoms. The monoisotopic (exact) mass is 978 g/mol. The van der Waals surface area contributed by atoms with Crippen molar-refractivity contribution >= 4 is 19.7 Å². The van der Waals surface area contributed by atoms with Crippen LogP contribution in [0.15, 0.2) is 48.6 Å². The molecule has 0 aromatic heterocycles. The highest BCUT2D eigenvalue weighted by atomic mass is 31.2. The summed E-state index contributed by atoms with van der Waals surface area (Å²) >= 11 is 0. The van der Waals surface area contributed by atoms with Crippen LogP contribution in [0.3, 0.4) is 0 Å². The van der Waals surface area contributed by atoms with E-state index in [1.54, 1.807) is 0 Å². The Labute approximate surface area is 420 Å². The molecule has 3 atom stereocenters. The largest absolute Gasteiger partial charge is 0.472 e. The van der Waals surface area contributed by atoms with Crippen LogP contribution in [0.1, 0.15) is 258 Å². The number of esters is 1. The highest BCUT2D eigenvalue weighted by Gasteiger charge is 2.30. The van der Waals surface area contributed by atoms with Crippen molar-refractivity contribution in [2.24, 2.45) is 0 Å². The Morgan fingerprint density at radius 2 is 0.897 bits per heavy atom. The van der Waals surface area contributed by atoms with Gasteiger partial charge >= 0.3 is 13.8 Å². The van der Waals surface area contributed by atoms with E-state index in [0.717, 1.165) is 83.5 Å². The molecular formula is C58H110N2O7P+. The number of allylic oxidation sites excluding steroid dienone is 7. The number of nitrogens with zero attached hydrogens (tertiary/aromatic N) is 1. The van der Waals surface area contributed by atoms with Crippen LogP contribution in [0.2, 0.25) is 0 Å². The molecule has 0 aromatic carbocycles. The fourth-order valence-electron chi connectivity index (χ4n) is 8.06. The molecule has 398 valence electrons. The molecule has 9 nitrogen and oxygen atoms in total. The number of carbonyl (C=O) groups excluding carboxylic acids is 2. The number of hydrogen-bond donors (Lipinski definition) is 2. The molecule has 0 aliphatic heterocycles. The van der Waals surface area contributed by atoms with Gasteiger partial charge in [0.15, 0.2) is 0 Å². The molecule has 0 aliphatic rings. The number of nitrogens with one attached hydrogen (secondary N) is 1. The molecule has 2 N–H and O–H groups in total. The number of hydrogen-bond acceptors (Lipinski definition) is 6. The Bertz CT molecular complexity index is 1310. The third-order valence-corrected chi connectivity index (χ3v) is 13.5. The molecule has 0 aromatic rings. The van der Waals surface area contributed by atoms with Gasteiger partial charge in [0.05, 0.1) is 33.8 Å². The van der Waals surface area contributed by atoms with E-state index in [0.29, 0.717) is 23.9 Å². The van der Waals surface area contributed by atoms with Gasteiger partial charge < -0.3 is 19.4 Å². The molecule has 3 unspecified atom stereocenters. The molecular weight excluding hydrogens is 868 g/mol. The van der Waals surface area contributed by atoms with Crippen LogP contribution in [0.5, 0.6) is 0 Å². The van der Waals surface area contributed by atoms with Gasteiger partial charge in [-0.1, -0.05) is 224 Å². The summed E-state index contributed by atoms with van der Waals surface area (Å²) < 4.78 is 30.6. The zero-order valence-electron chi connectivity index (χ0n) is 45.3. The predicted molar refractivity (Wildman–Crippen MR) is 291 cm³/mol. The van der Waals surface area contributed by atoms with Crippen molar-refractivity contribution in [3.05, 3.63) is 48.6 Å². The summed E-state index contributed by atoms with van der Waals surface area (Å²) in [4.78, 5) is 37.5. The van der Waals surface area contributed by atoms with Crippen LogP contribution in [-0.2, 0) is 27.9 Å². The van der Waals surface area contributed by atoms with Crippen molar-refractivity contribution in [1.82, 2.24) is 5.32 Å². The van der Waals surface area contributed by atoms with E-state index >= 15 is 0 Å². The normalized spacial score (nSPS) is 14.2. The molecule has 0 heterocycles. The maximum absolute atomic E-state index is 13.5. The molecule has 68 heavy (non-hydrogen) atoms. The first-order valence-corrected chi connectivity index (χ1v) is 30.0. The maximum Gasteiger partial charge on any atom is 0.472 e. The smallest absolute Gasteiger partial charge is 0.456 e. The Kier molecular flexibility index (Phi) is 47.1. The van der Waals surface area contributed by atoms with Crippen molar-refractivity contribution in [3.63, 3.8) is 0 Å². The minimum atomic E-state index is -4.44. The van der Waals surface area contributed by atoms with Crippen molar-refractivity contribution in [2.75, 3.05) is 40.9 Å². The van der Waals surface area contributed by atoms with E-state index in [4.69, 9.17) is 13.8 Å². The predicted octanol–water partition coefficient (Wildman–Crippen LogP) is 16.9. The van der Waals surface area contributed by atoms with E-state index in [1.165, 1.54) is 141 Å². The summed E-state index contributed by atoms with van der Waals surface area (Å²) in [5.74, 6) is -0.516. The lowest BCUT2D eigenvalue weighted by atomic mass is 10.0. The molecule has 0 fully saturated rings. The molecule has 0 aliphatic carbocycles. The lowest BCUT2D eigenvalue weighted by Crippen LogP contribution is -2.47. The third-order valence-electron chi connectivity index (χ3n) is 12.5. The maximum atomic E-state index is 13.5. The van der Waals surface area contributed by atoms with Crippen LogP contribution in [0.4, 0.5) is 0 Å². The average molecular weight is 978 g/mol. The first-order chi connectivity index (χ1) is 32.9. The van der Waals surface area contributed by atoms with Crippen molar-refractivity contribution < 1.29 is 37.3 Å². The number of likely N-dealkylation sites (N-methyl/N-ethyl adjacent to an activating group) is 1. The number of phosphoric acid groups is 1. The van der Waals surface area contributed by atoms with Gasteiger partial charge in [0, 0.05) is 12.8 Å². The van der Waals surface area contributed by atoms with Crippen LogP contribution in [0, 0.1) is 0 Å². The minimum absolute atomic E-state index is 0.0380. The first kappa shape index (κ1) is 66.0. The van der Waals surface area contributed by atoms with Crippen molar-refractivity contribution in [1.29, 1.82) is 0 Å². The van der Waals surface area contributed by atoms with Gasteiger partial charge in [-0.25, -0.2) is 4.57 Å². The number of rotatable bonds is 51. The second-order valence-corrected chi connectivity index (χ2v) is 21.9. The van der Waals surface area contributed by atoms with Crippen LogP contribution in [-0.4, -0.2) is 74.3 Å². The van der Waals surface area contributed by atoms with Gasteiger partial charge in [0.25, 0.3) is 0 Å². The van der Waals surface area contributed by atoms with Crippen molar-refractivity contribution in [3.8, 4) is 0 Å². The molecule has 1 amide bonds. The Morgan fingerprint density at radius 1 is 0.515 bits per heavy atom. The number of carbonyl (C=O) groups is 2. The SMILES string of the molecule is CCCCC/C=C\C/C=C\C/C=C\CCCCCCCCC(=O)NC(COP(=O)(O)OCC[N+](C)(C)C)C(/C=C\CCCCCCCCCCCC)OC(=O)CCCCCCCCCCCCC. The summed E-state index contributed by atoms with van der Waals surface area (Å²) in [6.45, 7) is 6.97. The average Bonchev–Trinajstić information content (AvgIpc) is 3.29. The van der Waals surface area contributed by atoms with E-state index in [-0.39, 0.29) is 25.1 Å². The highest BCUT2D eigenvalue weighted by molar-refractivity contribution is 7.47. The lowest BCUT2D eigenvalue weighted by molar-refractivity contribution is -0.870. The first-order valence-electron chi connectivity index (χ1n) is 28.5. The fourth-order valence-corrected chi connectivity index (χ4v) is 8.80. The summed E-state index contributed by atoms with van der Waals surface area (Å²) in [5, 5.41) is 3.04. The van der Waals surface area contributed by atoms with Gasteiger partial charge in [-0.3, -0.25) is 18.6 Å². The van der Waals surface area contributed by atoms with Gasteiger partial charge in [-0.15, -0.1) is 0 Å². The molecule has 0 rings (SSSR count). The number of phosphoric ester groups is 1. The van der Waals surface area contributed by atoms with E-state index < -0.39 is 20.0 Å². The zero-order valence-corrected chi connectivity index (χ0v) is 46.2. The number of ether oxygens (including phenoxy) is 1. The minimum Gasteiger partial charge on any atom is -0.456 e. The number of amides is 1. The van der Waals surface area contributed by atoms with Crippen LogP contribution < -0.4 is 5.32 Å². The van der Waals surface area contributed by atoms with Crippen LogP contribution in [0.25, 0.3) is 0 Å².